The number of nitrogens with zero attached hydrogens (tertiary/aromatic N) is 1. The molecule has 0 amide bonds. The minimum Gasteiger partial charge on any atom is -0.504 e. The van der Waals surface area contributed by atoms with E-state index in [1.54, 1.807) is 31.2 Å². The summed E-state index contributed by atoms with van der Waals surface area (Å²) in [4.78, 5) is 14.3. The standard InChI is InChI=1S/C23H28N4O5/c1-15(24)27-10-8-19(9-11-27)32-18-5-2-16(3-6-18)23(29)31-13-12-30-21-14-17(22(25)26)4-7-20(21)28/h2-7,14,19,24,28H,8-13H2,1H3,(H3,25,26). The van der Waals surface area contributed by atoms with Crippen molar-refractivity contribution in [3.63, 3.8) is 0 Å². The molecular formula is C23H28N4O5. The fourth-order valence-corrected chi connectivity index (χ4v) is 3.34. The van der Waals surface area contributed by atoms with Gasteiger partial charge in [0.05, 0.1) is 11.4 Å². The number of rotatable bonds is 8. The number of nitrogen functional groups attached to an aromatic ring is 1. The van der Waals surface area contributed by atoms with E-state index in [0.29, 0.717) is 22.7 Å². The molecular weight excluding hydrogens is 412 g/mol. The number of hydrogen-bond donors (Lipinski definition) is 4. The number of hydrogen-bond acceptors (Lipinski definition) is 7. The van der Waals surface area contributed by atoms with E-state index < -0.39 is 5.97 Å². The molecule has 9 heteroatoms. The summed E-state index contributed by atoms with van der Waals surface area (Å²) in [5.41, 5.74) is 6.25. The number of phenolic OH excluding ortho intramolecular Hbond substituents is 1. The SMILES string of the molecule is CC(=N)N1CCC(Oc2ccc(C(=O)OCCOc3cc(C(=N)N)ccc3O)cc2)CC1. The lowest BCUT2D eigenvalue weighted by Gasteiger charge is -2.32. The number of esters is 1. The van der Waals surface area contributed by atoms with E-state index in [1.807, 2.05) is 4.90 Å². The molecule has 5 N–H and O–H groups in total. The molecule has 0 bridgehead atoms. The maximum Gasteiger partial charge on any atom is 0.338 e. The second-order valence-corrected chi connectivity index (χ2v) is 7.49. The molecule has 2 aromatic carbocycles. The smallest absolute Gasteiger partial charge is 0.338 e. The van der Waals surface area contributed by atoms with E-state index in [1.165, 1.54) is 18.2 Å². The van der Waals surface area contributed by atoms with Crippen LogP contribution in [-0.2, 0) is 4.74 Å². The molecule has 0 radical (unpaired) electrons. The van der Waals surface area contributed by atoms with Gasteiger partial charge in [-0.2, -0.15) is 0 Å². The van der Waals surface area contributed by atoms with Gasteiger partial charge in [0, 0.05) is 31.5 Å². The molecule has 0 saturated carbocycles. The van der Waals surface area contributed by atoms with Gasteiger partial charge >= 0.3 is 5.97 Å². The largest absolute Gasteiger partial charge is 0.504 e. The lowest BCUT2D eigenvalue weighted by molar-refractivity contribution is 0.0449. The van der Waals surface area contributed by atoms with Crippen molar-refractivity contribution in [1.29, 1.82) is 10.8 Å². The van der Waals surface area contributed by atoms with Crippen molar-refractivity contribution >= 4 is 17.6 Å². The van der Waals surface area contributed by atoms with E-state index in [9.17, 15) is 9.90 Å². The van der Waals surface area contributed by atoms with Gasteiger partial charge < -0.3 is 30.0 Å². The van der Waals surface area contributed by atoms with Crippen LogP contribution in [0.4, 0.5) is 0 Å². The zero-order valence-corrected chi connectivity index (χ0v) is 18.0. The van der Waals surface area contributed by atoms with Gasteiger partial charge in [0.15, 0.2) is 11.5 Å². The predicted molar refractivity (Wildman–Crippen MR) is 120 cm³/mol. The second kappa shape index (κ2) is 10.5. The number of carbonyl (C=O) groups excluding carboxylic acids is 1. The van der Waals surface area contributed by atoms with Crippen LogP contribution in [0.2, 0.25) is 0 Å². The van der Waals surface area contributed by atoms with Gasteiger partial charge in [0.2, 0.25) is 0 Å². The summed E-state index contributed by atoms with van der Waals surface area (Å²) in [5.74, 6) is 0.721. The summed E-state index contributed by atoms with van der Waals surface area (Å²) >= 11 is 0. The first-order valence-electron chi connectivity index (χ1n) is 10.4. The highest BCUT2D eigenvalue weighted by atomic mass is 16.6. The Bertz CT molecular complexity index is 969. The molecule has 0 atom stereocenters. The second-order valence-electron chi connectivity index (χ2n) is 7.49. The molecule has 0 spiro atoms. The van der Waals surface area contributed by atoms with E-state index in [0.717, 1.165) is 25.9 Å². The Hall–Kier alpha value is -3.75. The Morgan fingerprint density at radius 1 is 1.09 bits per heavy atom. The normalized spacial score (nSPS) is 14.0. The maximum atomic E-state index is 12.2. The number of likely N-dealkylation sites (tertiary alicyclic amines) is 1. The summed E-state index contributed by atoms with van der Waals surface area (Å²) < 4.78 is 16.6. The van der Waals surface area contributed by atoms with E-state index in [-0.39, 0.29) is 36.7 Å². The maximum absolute atomic E-state index is 12.2. The van der Waals surface area contributed by atoms with Crippen LogP contribution in [0.1, 0.15) is 35.7 Å². The van der Waals surface area contributed by atoms with E-state index in [2.05, 4.69) is 0 Å². The van der Waals surface area contributed by atoms with Crippen LogP contribution in [-0.4, -0.2) is 60.1 Å². The summed E-state index contributed by atoms with van der Waals surface area (Å²) in [7, 11) is 0. The van der Waals surface area contributed by atoms with Gasteiger partial charge in [-0.05, 0) is 49.4 Å². The van der Waals surface area contributed by atoms with Crippen LogP contribution in [0, 0.1) is 10.8 Å². The molecule has 1 heterocycles. The van der Waals surface area contributed by atoms with E-state index in [4.69, 9.17) is 30.8 Å². The predicted octanol–water partition coefficient (Wildman–Crippen LogP) is 2.75. The molecule has 1 saturated heterocycles. The van der Waals surface area contributed by atoms with Crippen molar-refractivity contribution in [2.75, 3.05) is 26.3 Å². The molecule has 3 rings (SSSR count). The Morgan fingerprint density at radius 2 is 1.75 bits per heavy atom. The molecule has 0 aliphatic carbocycles. The third-order valence-electron chi connectivity index (χ3n) is 5.15. The Labute approximate surface area is 186 Å². The van der Waals surface area contributed by atoms with Crippen LogP contribution >= 0.6 is 0 Å². The first kappa shape index (κ1) is 22.9. The lowest BCUT2D eigenvalue weighted by atomic mass is 10.1. The van der Waals surface area contributed by atoms with Gasteiger partial charge in [0.25, 0.3) is 0 Å². The molecule has 170 valence electrons. The minimum atomic E-state index is -0.489. The van der Waals surface area contributed by atoms with Crippen LogP contribution in [0.15, 0.2) is 42.5 Å². The average molecular weight is 441 g/mol. The molecule has 1 aliphatic rings. The molecule has 1 fully saturated rings. The molecule has 32 heavy (non-hydrogen) atoms. The van der Waals surface area contributed by atoms with Crippen LogP contribution < -0.4 is 15.2 Å². The number of piperidine rings is 1. The number of nitrogens with one attached hydrogen (secondary N) is 2. The van der Waals surface area contributed by atoms with Gasteiger partial charge in [-0.25, -0.2) is 4.79 Å². The average Bonchev–Trinajstić information content (AvgIpc) is 2.78. The molecule has 1 aliphatic heterocycles. The number of benzene rings is 2. The van der Waals surface area contributed by atoms with Gasteiger partial charge in [-0.1, -0.05) is 0 Å². The molecule has 0 unspecified atom stereocenters. The first-order chi connectivity index (χ1) is 15.3. The molecule has 2 aromatic rings. The Morgan fingerprint density at radius 3 is 2.38 bits per heavy atom. The topological polar surface area (TPSA) is 142 Å². The molecule has 9 nitrogen and oxygen atoms in total. The summed E-state index contributed by atoms with van der Waals surface area (Å²) in [6, 6.07) is 11.1. The Balaban J connectivity index is 1.43. The highest BCUT2D eigenvalue weighted by molar-refractivity contribution is 5.95. The van der Waals surface area contributed by atoms with Crippen LogP contribution in [0.25, 0.3) is 0 Å². The van der Waals surface area contributed by atoms with Gasteiger partial charge in [0.1, 0.15) is 30.9 Å². The number of carbonyl (C=O) groups is 1. The van der Waals surface area contributed by atoms with Crippen molar-refractivity contribution < 1.29 is 24.1 Å². The summed E-state index contributed by atoms with van der Waals surface area (Å²) in [6.07, 6.45) is 1.80. The van der Waals surface area contributed by atoms with Crippen molar-refractivity contribution in [2.24, 2.45) is 5.73 Å². The summed E-state index contributed by atoms with van der Waals surface area (Å²) in [5, 5.41) is 24.9. The fourth-order valence-electron chi connectivity index (χ4n) is 3.34. The van der Waals surface area contributed by atoms with E-state index >= 15 is 0 Å². The van der Waals surface area contributed by atoms with Crippen molar-refractivity contribution in [3.8, 4) is 17.2 Å². The number of ether oxygens (including phenoxy) is 3. The number of aromatic hydroxyl groups is 1. The van der Waals surface area contributed by atoms with Crippen molar-refractivity contribution in [2.45, 2.75) is 25.9 Å². The van der Waals surface area contributed by atoms with Crippen molar-refractivity contribution in [3.05, 3.63) is 53.6 Å². The third kappa shape index (κ3) is 6.13. The van der Waals surface area contributed by atoms with Gasteiger partial charge in [-0.15, -0.1) is 0 Å². The minimum absolute atomic E-state index is 0.00810. The highest BCUT2D eigenvalue weighted by Crippen LogP contribution is 2.26. The van der Waals surface area contributed by atoms with Gasteiger partial charge in [-0.3, -0.25) is 10.8 Å². The summed E-state index contributed by atoms with van der Waals surface area (Å²) in [6.45, 7) is 3.44. The van der Waals surface area contributed by atoms with Crippen LogP contribution in [0.5, 0.6) is 17.2 Å². The fraction of sp³-hybridized carbons (Fsp3) is 0.348. The number of nitrogens with two attached hydrogens (primary N) is 1. The first-order valence-corrected chi connectivity index (χ1v) is 10.4. The zero-order valence-electron chi connectivity index (χ0n) is 18.0. The van der Waals surface area contributed by atoms with Crippen LogP contribution in [0.3, 0.4) is 0 Å². The lowest BCUT2D eigenvalue weighted by Crippen LogP contribution is -2.40. The Kier molecular flexibility index (Phi) is 7.54. The quantitative estimate of drug-likeness (QED) is 0.214. The zero-order chi connectivity index (χ0) is 23.1. The number of amidine groups is 2. The third-order valence-corrected chi connectivity index (χ3v) is 5.15. The van der Waals surface area contributed by atoms with Crippen molar-refractivity contribution in [1.82, 2.24) is 4.90 Å². The monoisotopic (exact) mass is 440 g/mol. The number of phenols is 1. The molecule has 0 aromatic heterocycles. The highest BCUT2D eigenvalue weighted by Gasteiger charge is 2.21.